The Kier molecular flexibility index (Phi) is 2.40. The van der Waals surface area contributed by atoms with Gasteiger partial charge in [-0.05, 0) is 56.8 Å². The van der Waals surface area contributed by atoms with Gasteiger partial charge in [-0.3, -0.25) is 0 Å². The van der Waals surface area contributed by atoms with Gasteiger partial charge in [0.2, 0.25) is 0 Å². The lowest BCUT2D eigenvalue weighted by molar-refractivity contribution is 0.302. The molecule has 4 atom stereocenters. The van der Waals surface area contributed by atoms with Gasteiger partial charge in [0.25, 0.3) is 0 Å². The average Bonchev–Trinajstić information content (AvgIpc) is 2.60. The van der Waals surface area contributed by atoms with Gasteiger partial charge in [0.1, 0.15) is 0 Å². The van der Waals surface area contributed by atoms with Crippen molar-refractivity contribution in [2.45, 2.75) is 51.5 Å². The molecule has 0 spiro atoms. The lowest BCUT2D eigenvalue weighted by Gasteiger charge is -2.22. The molecule has 0 radical (unpaired) electrons. The van der Waals surface area contributed by atoms with Crippen LogP contribution in [0.4, 0.5) is 0 Å². The molecule has 1 heteroatoms. The van der Waals surface area contributed by atoms with Crippen LogP contribution in [0.5, 0.6) is 0 Å². The van der Waals surface area contributed by atoms with Gasteiger partial charge in [-0.15, -0.1) is 0 Å². The van der Waals surface area contributed by atoms with Gasteiger partial charge in [0.05, 0.1) is 0 Å². The van der Waals surface area contributed by atoms with Gasteiger partial charge in [-0.25, -0.2) is 0 Å². The predicted molar refractivity (Wildman–Crippen MR) is 51.8 cm³/mol. The second kappa shape index (κ2) is 3.37. The van der Waals surface area contributed by atoms with Crippen LogP contribution in [0.25, 0.3) is 0 Å². The van der Waals surface area contributed by atoms with Gasteiger partial charge in [-0.2, -0.15) is 0 Å². The zero-order valence-corrected chi connectivity index (χ0v) is 8.13. The topological polar surface area (TPSA) is 26.0 Å². The third kappa shape index (κ3) is 1.66. The van der Waals surface area contributed by atoms with Crippen LogP contribution in [0.15, 0.2) is 0 Å². The highest BCUT2D eigenvalue weighted by Gasteiger charge is 2.38. The summed E-state index contributed by atoms with van der Waals surface area (Å²) in [7, 11) is 0. The molecule has 0 heterocycles. The van der Waals surface area contributed by atoms with Crippen LogP contribution in [-0.2, 0) is 0 Å². The quantitative estimate of drug-likeness (QED) is 0.687. The second-order valence-electron chi connectivity index (χ2n) is 4.99. The molecule has 0 aliphatic heterocycles. The summed E-state index contributed by atoms with van der Waals surface area (Å²) in [6.45, 7) is 2.13. The van der Waals surface area contributed by atoms with E-state index in [1.807, 2.05) is 0 Å². The van der Waals surface area contributed by atoms with Gasteiger partial charge in [-0.1, -0.05) is 6.42 Å². The molecule has 4 unspecified atom stereocenters. The first kappa shape index (κ1) is 8.55. The number of nitrogens with two attached hydrogens (primary N) is 1. The van der Waals surface area contributed by atoms with Gasteiger partial charge in [0.15, 0.2) is 0 Å². The minimum Gasteiger partial charge on any atom is -0.328 e. The summed E-state index contributed by atoms with van der Waals surface area (Å²) >= 11 is 0. The fourth-order valence-electron chi connectivity index (χ4n) is 3.21. The molecule has 2 saturated carbocycles. The summed E-state index contributed by atoms with van der Waals surface area (Å²) in [5.41, 5.74) is 5.77. The minimum atomic E-state index is 0.420. The standard InChI is InChI=1S/C11H21N/c1-8(12)2-4-10-6-9-3-5-11(10)7-9/h8-11H,2-7,12H2,1H3. The van der Waals surface area contributed by atoms with E-state index in [-0.39, 0.29) is 0 Å². The van der Waals surface area contributed by atoms with E-state index in [1.165, 1.54) is 32.1 Å². The Morgan fingerprint density at radius 3 is 2.67 bits per heavy atom. The fourth-order valence-corrected chi connectivity index (χ4v) is 3.21. The fraction of sp³-hybridized carbons (Fsp3) is 1.00. The Hall–Kier alpha value is -0.0400. The van der Waals surface area contributed by atoms with Crippen LogP contribution in [0.2, 0.25) is 0 Å². The zero-order chi connectivity index (χ0) is 8.55. The SMILES string of the molecule is CC(N)CCC1CC2CCC1C2. The summed E-state index contributed by atoms with van der Waals surface area (Å²) in [5.74, 6) is 3.25. The Morgan fingerprint density at radius 2 is 2.17 bits per heavy atom. The van der Waals surface area contributed by atoms with E-state index in [4.69, 9.17) is 5.73 Å². The van der Waals surface area contributed by atoms with Crippen LogP contribution >= 0.6 is 0 Å². The van der Waals surface area contributed by atoms with E-state index in [2.05, 4.69) is 6.92 Å². The Bertz CT molecular complexity index is 153. The molecule has 0 aromatic heterocycles. The number of fused-ring (bicyclic) bond motifs is 2. The largest absolute Gasteiger partial charge is 0.328 e. The molecule has 0 saturated heterocycles. The van der Waals surface area contributed by atoms with Crippen molar-refractivity contribution in [3.05, 3.63) is 0 Å². The molecule has 0 amide bonds. The summed E-state index contributed by atoms with van der Waals surface area (Å²) in [4.78, 5) is 0. The van der Waals surface area contributed by atoms with Crippen molar-refractivity contribution in [1.82, 2.24) is 0 Å². The monoisotopic (exact) mass is 167 g/mol. The van der Waals surface area contributed by atoms with E-state index in [0.29, 0.717) is 6.04 Å². The van der Waals surface area contributed by atoms with Crippen molar-refractivity contribution in [3.63, 3.8) is 0 Å². The molecule has 2 N–H and O–H groups in total. The Morgan fingerprint density at radius 1 is 1.33 bits per heavy atom. The average molecular weight is 167 g/mol. The van der Waals surface area contributed by atoms with Gasteiger partial charge in [0, 0.05) is 6.04 Å². The molecule has 2 rings (SSSR count). The minimum absolute atomic E-state index is 0.420. The van der Waals surface area contributed by atoms with Gasteiger partial charge >= 0.3 is 0 Å². The van der Waals surface area contributed by atoms with E-state index < -0.39 is 0 Å². The highest BCUT2D eigenvalue weighted by Crippen LogP contribution is 2.49. The molecule has 0 aromatic carbocycles. The maximum atomic E-state index is 5.77. The summed E-state index contributed by atoms with van der Waals surface area (Å²) < 4.78 is 0. The van der Waals surface area contributed by atoms with Crippen molar-refractivity contribution in [2.24, 2.45) is 23.5 Å². The Balaban J connectivity index is 1.76. The molecule has 2 aliphatic carbocycles. The molecular formula is C11H21N. The van der Waals surface area contributed by atoms with E-state index in [0.717, 1.165) is 17.8 Å². The molecule has 2 aliphatic rings. The van der Waals surface area contributed by atoms with Gasteiger partial charge < -0.3 is 5.73 Å². The van der Waals surface area contributed by atoms with Crippen LogP contribution in [0, 0.1) is 17.8 Å². The number of rotatable bonds is 3. The smallest absolute Gasteiger partial charge is 0.00105 e. The number of hydrogen-bond donors (Lipinski definition) is 1. The van der Waals surface area contributed by atoms with Crippen molar-refractivity contribution in [1.29, 1.82) is 0 Å². The lowest BCUT2D eigenvalue weighted by atomic mass is 9.85. The predicted octanol–water partition coefficient (Wildman–Crippen LogP) is 2.55. The number of hydrogen-bond acceptors (Lipinski definition) is 1. The molecule has 2 bridgehead atoms. The Labute approximate surface area is 75.7 Å². The first-order valence-corrected chi connectivity index (χ1v) is 5.51. The van der Waals surface area contributed by atoms with Crippen molar-refractivity contribution in [2.75, 3.05) is 0 Å². The molecule has 1 nitrogen and oxygen atoms in total. The highest BCUT2D eigenvalue weighted by molar-refractivity contribution is 4.89. The van der Waals surface area contributed by atoms with Crippen molar-refractivity contribution < 1.29 is 0 Å². The summed E-state index contributed by atoms with van der Waals surface area (Å²) in [6.07, 6.45) is 8.77. The third-order valence-electron chi connectivity index (χ3n) is 3.88. The highest BCUT2D eigenvalue weighted by atomic mass is 14.6. The lowest BCUT2D eigenvalue weighted by Crippen LogP contribution is -2.18. The van der Waals surface area contributed by atoms with E-state index >= 15 is 0 Å². The molecule has 70 valence electrons. The first-order chi connectivity index (χ1) is 5.75. The molecule has 2 fully saturated rings. The third-order valence-corrected chi connectivity index (χ3v) is 3.88. The molecule has 12 heavy (non-hydrogen) atoms. The van der Waals surface area contributed by atoms with Crippen molar-refractivity contribution in [3.8, 4) is 0 Å². The summed E-state index contributed by atoms with van der Waals surface area (Å²) in [5, 5.41) is 0. The van der Waals surface area contributed by atoms with E-state index in [1.54, 1.807) is 6.42 Å². The van der Waals surface area contributed by atoms with Crippen LogP contribution < -0.4 is 5.73 Å². The maximum Gasteiger partial charge on any atom is 0.00105 e. The van der Waals surface area contributed by atoms with Crippen LogP contribution in [0.1, 0.15) is 45.4 Å². The molecule has 0 aromatic rings. The molecular weight excluding hydrogens is 146 g/mol. The maximum absolute atomic E-state index is 5.77. The second-order valence-corrected chi connectivity index (χ2v) is 4.99. The first-order valence-electron chi connectivity index (χ1n) is 5.51. The van der Waals surface area contributed by atoms with Crippen LogP contribution in [-0.4, -0.2) is 6.04 Å². The zero-order valence-electron chi connectivity index (χ0n) is 8.13. The summed E-state index contributed by atoms with van der Waals surface area (Å²) in [6, 6.07) is 0.420. The van der Waals surface area contributed by atoms with Crippen molar-refractivity contribution >= 4 is 0 Å². The normalized spacial score (nSPS) is 42.0. The van der Waals surface area contributed by atoms with Crippen LogP contribution in [0.3, 0.4) is 0 Å². The van der Waals surface area contributed by atoms with E-state index in [9.17, 15) is 0 Å².